The van der Waals surface area contributed by atoms with E-state index in [-0.39, 0.29) is 5.78 Å². The summed E-state index contributed by atoms with van der Waals surface area (Å²) in [5.41, 5.74) is 3.49. The number of hydrogen-bond acceptors (Lipinski definition) is 6. The Bertz CT molecular complexity index is 1090. The zero-order chi connectivity index (χ0) is 22.6. The number of ketones is 1. The smallest absolute Gasteiger partial charge is 0.239 e. The molecule has 3 rings (SSSR count). The first-order valence-corrected chi connectivity index (χ1v) is 12.0. The van der Waals surface area contributed by atoms with Crippen LogP contribution in [-0.2, 0) is 20.4 Å². The number of nitrogens with zero attached hydrogens (tertiary/aromatic N) is 1. The Morgan fingerprint density at radius 3 is 2.42 bits per heavy atom. The van der Waals surface area contributed by atoms with Crippen LogP contribution in [0.15, 0.2) is 36.4 Å². The van der Waals surface area contributed by atoms with Crippen molar-refractivity contribution in [1.29, 1.82) is 0 Å². The molecule has 0 unspecified atom stereocenters. The fraction of sp³-hybridized carbons (Fsp3) is 0.391. The quantitative estimate of drug-likeness (QED) is 0.628. The van der Waals surface area contributed by atoms with Crippen molar-refractivity contribution in [1.82, 2.24) is 0 Å². The van der Waals surface area contributed by atoms with E-state index in [2.05, 4.69) is 10.2 Å². The van der Waals surface area contributed by atoms with Gasteiger partial charge in [0, 0.05) is 35.6 Å². The summed E-state index contributed by atoms with van der Waals surface area (Å²) in [6, 6.07) is 10.3. The van der Waals surface area contributed by atoms with Crippen molar-refractivity contribution in [3.05, 3.63) is 53.1 Å². The van der Waals surface area contributed by atoms with Gasteiger partial charge >= 0.3 is 0 Å². The molecule has 31 heavy (non-hydrogen) atoms. The molecule has 0 saturated carbocycles. The molecule has 166 valence electrons. The summed E-state index contributed by atoms with van der Waals surface area (Å²) in [5.74, 6) is -1.46. The van der Waals surface area contributed by atoms with Crippen LogP contribution in [0.4, 0.5) is 11.4 Å². The van der Waals surface area contributed by atoms with Crippen LogP contribution in [-0.4, -0.2) is 46.1 Å². The van der Waals surface area contributed by atoms with Crippen LogP contribution in [0.25, 0.3) is 0 Å². The average Bonchev–Trinajstić information content (AvgIpc) is 3.21. The Balaban J connectivity index is 1.68. The molecule has 0 spiro atoms. The molecule has 8 heteroatoms. The van der Waals surface area contributed by atoms with Crippen LogP contribution in [0.5, 0.6) is 5.75 Å². The third-order valence-corrected chi connectivity index (χ3v) is 6.79. The lowest BCUT2D eigenvalue weighted by Crippen LogP contribution is -2.24. The Labute approximate surface area is 183 Å². The first-order chi connectivity index (χ1) is 14.7. The molecule has 7 nitrogen and oxygen atoms in total. The number of rotatable bonds is 8. The molecular weight excluding hydrogens is 416 g/mol. The van der Waals surface area contributed by atoms with Gasteiger partial charge in [-0.25, -0.2) is 8.42 Å². The Hall–Kier alpha value is -2.87. The fourth-order valence-electron chi connectivity index (χ4n) is 3.84. The minimum atomic E-state index is -3.77. The van der Waals surface area contributed by atoms with Crippen LogP contribution >= 0.6 is 0 Å². The topological polar surface area (TPSA) is 92.8 Å². The summed E-state index contributed by atoms with van der Waals surface area (Å²) in [6.07, 6.45) is 2.35. The lowest BCUT2D eigenvalue weighted by atomic mass is 10.1. The van der Waals surface area contributed by atoms with E-state index in [0.29, 0.717) is 22.6 Å². The van der Waals surface area contributed by atoms with E-state index in [1.807, 2.05) is 19.1 Å². The van der Waals surface area contributed by atoms with E-state index < -0.39 is 27.3 Å². The number of hydrogen-bond donors (Lipinski definition) is 1. The average molecular weight is 445 g/mol. The Morgan fingerprint density at radius 1 is 1.10 bits per heavy atom. The maximum atomic E-state index is 12.6. The molecule has 0 aliphatic carbocycles. The highest BCUT2D eigenvalue weighted by molar-refractivity contribution is 7.91. The molecule has 2 aromatic rings. The van der Waals surface area contributed by atoms with Gasteiger partial charge in [0.2, 0.25) is 5.91 Å². The zero-order valence-electron chi connectivity index (χ0n) is 18.1. The highest BCUT2D eigenvalue weighted by Crippen LogP contribution is 2.27. The second kappa shape index (κ2) is 9.51. The summed E-state index contributed by atoms with van der Waals surface area (Å²) in [6.45, 7) is 5.44. The summed E-state index contributed by atoms with van der Waals surface area (Å²) >= 11 is 0. The Morgan fingerprint density at radius 2 is 1.81 bits per heavy atom. The first-order valence-electron chi connectivity index (χ1n) is 10.2. The maximum Gasteiger partial charge on any atom is 0.239 e. The molecule has 2 aromatic carbocycles. The molecule has 0 aromatic heterocycles. The van der Waals surface area contributed by atoms with Gasteiger partial charge in [0.25, 0.3) is 0 Å². The second-order valence-corrected chi connectivity index (χ2v) is 9.92. The number of carbonyl (C=O) groups is 2. The molecule has 0 radical (unpaired) electrons. The van der Waals surface area contributed by atoms with Gasteiger partial charge < -0.3 is 15.0 Å². The van der Waals surface area contributed by atoms with Crippen LogP contribution in [0.1, 0.15) is 41.3 Å². The standard InChI is InChI=1S/C23H28N2O5S/c1-16-12-20(7-8-21(16)25-10-4-5-11-25)24-23(27)15-31(28,29)14-19-13-18(17(2)26)6-9-22(19)30-3/h6-9,12-13H,4-5,10-11,14-15H2,1-3H3,(H,24,27). The van der Waals surface area contributed by atoms with Crippen molar-refractivity contribution in [2.45, 2.75) is 32.4 Å². The third-order valence-electron chi connectivity index (χ3n) is 5.34. The molecule has 1 heterocycles. The highest BCUT2D eigenvalue weighted by atomic mass is 32.2. The molecule has 1 aliphatic rings. The van der Waals surface area contributed by atoms with Crippen molar-refractivity contribution >= 4 is 32.9 Å². The predicted molar refractivity (Wildman–Crippen MR) is 122 cm³/mol. The van der Waals surface area contributed by atoms with Crippen LogP contribution in [0.3, 0.4) is 0 Å². The van der Waals surface area contributed by atoms with Gasteiger partial charge in [-0.2, -0.15) is 0 Å². The molecule has 1 N–H and O–H groups in total. The normalized spacial score (nSPS) is 13.8. The molecular formula is C23H28N2O5S. The Kier molecular flexibility index (Phi) is 7.00. The van der Waals surface area contributed by atoms with Gasteiger partial charge in [-0.15, -0.1) is 0 Å². The number of aryl methyl sites for hydroxylation is 1. The minimum Gasteiger partial charge on any atom is -0.496 e. The number of ether oxygens (including phenoxy) is 1. The number of nitrogens with one attached hydrogen (secondary N) is 1. The van der Waals surface area contributed by atoms with E-state index in [1.54, 1.807) is 18.2 Å². The molecule has 0 bridgehead atoms. The van der Waals surface area contributed by atoms with Gasteiger partial charge in [-0.1, -0.05) is 0 Å². The second-order valence-electron chi connectivity index (χ2n) is 7.86. The largest absolute Gasteiger partial charge is 0.496 e. The van der Waals surface area contributed by atoms with Crippen LogP contribution in [0, 0.1) is 6.92 Å². The molecule has 1 aliphatic heterocycles. The number of benzene rings is 2. The summed E-state index contributed by atoms with van der Waals surface area (Å²) in [7, 11) is -2.34. The van der Waals surface area contributed by atoms with E-state index in [9.17, 15) is 18.0 Å². The van der Waals surface area contributed by atoms with Crippen LogP contribution < -0.4 is 15.0 Å². The summed E-state index contributed by atoms with van der Waals surface area (Å²) < 4.78 is 30.5. The lowest BCUT2D eigenvalue weighted by Gasteiger charge is -2.20. The number of Topliss-reactive ketones (excluding diaryl/α,β-unsaturated/α-hetero) is 1. The van der Waals surface area contributed by atoms with Gasteiger partial charge in [-0.3, -0.25) is 9.59 Å². The maximum absolute atomic E-state index is 12.6. The highest BCUT2D eigenvalue weighted by Gasteiger charge is 2.21. The third kappa shape index (κ3) is 5.85. The first kappa shape index (κ1) is 22.8. The van der Waals surface area contributed by atoms with Gasteiger partial charge in [0.1, 0.15) is 11.5 Å². The molecule has 1 amide bonds. The summed E-state index contributed by atoms with van der Waals surface area (Å²) in [4.78, 5) is 26.3. The van der Waals surface area contributed by atoms with E-state index >= 15 is 0 Å². The number of anilines is 2. The van der Waals surface area contributed by atoms with E-state index in [1.165, 1.54) is 32.9 Å². The van der Waals surface area contributed by atoms with Crippen molar-refractivity contribution in [3.63, 3.8) is 0 Å². The fourth-order valence-corrected chi connectivity index (χ4v) is 5.11. The minimum absolute atomic E-state index is 0.174. The van der Waals surface area contributed by atoms with Gasteiger partial charge in [-0.05, 0) is 68.7 Å². The van der Waals surface area contributed by atoms with Crippen LogP contribution in [0.2, 0.25) is 0 Å². The number of carbonyl (C=O) groups excluding carboxylic acids is 2. The van der Waals surface area contributed by atoms with E-state index in [0.717, 1.165) is 24.3 Å². The van der Waals surface area contributed by atoms with Gasteiger partial charge in [0.05, 0.1) is 12.9 Å². The number of sulfone groups is 1. The number of methoxy groups -OCH3 is 1. The van der Waals surface area contributed by atoms with Crippen molar-refractivity contribution < 1.29 is 22.7 Å². The molecule has 0 atom stereocenters. The zero-order valence-corrected chi connectivity index (χ0v) is 18.9. The van der Waals surface area contributed by atoms with E-state index in [4.69, 9.17) is 4.74 Å². The molecule has 1 fully saturated rings. The van der Waals surface area contributed by atoms with Crippen molar-refractivity contribution in [3.8, 4) is 5.75 Å². The summed E-state index contributed by atoms with van der Waals surface area (Å²) in [5, 5.41) is 2.68. The van der Waals surface area contributed by atoms with Crippen molar-refractivity contribution in [2.75, 3.05) is 36.2 Å². The monoisotopic (exact) mass is 444 g/mol. The predicted octanol–water partition coefficient (Wildman–Crippen LogP) is 3.36. The van der Waals surface area contributed by atoms with Crippen molar-refractivity contribution in [2.24, 2.45) is 0 Å². The lowest BCUT2D eigenvalue weighted by molar-refractivity contribution is -0.113. The number of amides is 1. The molecule has 1 saturated heterocycles. The van der Waals surface area contributed by atoms with Gasteiger partial charge in [0.15, 0.2) is 15.6 Å². The SMILES string of the molecule is COc1ccc(C(C)=O)cc1CS(=O)(=O)CC(=O)Nc1ccc(N2CCCC2)c(C)c1.